The van der Waals surface area contributed by atoms with Gasteiger partial charge in [0.1, 0.15) is 12.1 Å². The van der Waals surface area contributed by atoms with Crippen LogP contribution in [0.25, 0.3) is 11.0 Å². The zero-order chi connectivity index (χ0) is 26.7. The summed E-state index contributed by atoms with van der Waals surface area (Å²) in [7, 11) is 0.297. The van der Waals surface area contributed by atoms with Gasteiger partial charge in [0.05, 0.1) is 17.1 Å². The number of nitrogens with one attached hydrogen (secondary N) is 1. The first-order valence-electron chi connectivity index (χ1n) is 13.2. The molecule has 1 aromatic carbocycles. The summed E-state index contributed by atoms with van der Waals surface area (Å²) in [6.45, 7) is 6.34. The van der Waals surface area contributed by atoms with Crippen LogP contribution in [0, 0.1) is 11.8 Å². The lowest BCUT2D eigenvalue weighted by Crippen LogP contribution is -2.38. The highest BCUT2D eigenvalue weighted by atomic mass is 32.2. The third-order valence-corrected chi connectivity index (χ3v) is 9.19. The van der Waals surface area contributed by atoms with Crippen molar-refractivity contribution in [2.75, 3.05) is 24.7 Å². The lowest BCUT2D eigenvalue weighted by molar-refractivity contribution is 0.0889. The van der Waals surface area contributed by atoms with Crippen molar-refractivity contribution in [1.82, 2.24) is 19.3 Å². The molecule has 200 valence electrons. The van der Waals surface area contributed by atoms with Crippen molar-refractivity contribution < 1.29 is 13.2 Å². The van der Waals surface area contributed by atoms with Crippen LogP contribution in [0.5, 0.6) is 0 Å². The first-order valence-corrected chi connectivity index (χ1v) is 14.8. The van der Waals surface area contributed by atoms with E-state index >= 15 is 0 Å². The first kappa shape index (κ1) is 27.3. The van der Waals surface area contributed by atoms with E-state index < -0.39 is 10.0 Å². The van der Waals surface area contributed by atoms with Gasteiger partial charge in [0, 0.05) is 19.3 Å². The van der Waals surface area contributed by atoms with Gasteiger partial charge in [-0.25, -0.2) is 23.1 Å². The van der Waals surface area contributed by atoms with Crippen molar-refractivity contribution in [3.8, 4) is 0 Å². The Labute approximate surface area is 220 Å². The number of hydrogen-bond acceptors (Lipinski definition) is 6. The summed E-state index contributed by atoms with van der Waals surface area (Å²) in [6, 6.07) is 10.5. The molecule has 1 N–H and O–H groups in total. The van der Waals surface area contributed by atoms with Crippen molar-refractivity contribution in [3.63, 3.8) is 0 Å². The summed E-state index contributed by atoms with van der Waals surface area (Å²) in [4.78, 5) is 24.7. The Morgan fingerprint density at radius 2 is 1.76 bits per heavy atom. The number of rotatable bonds is 9. The minimum absolute atomic E-state index is 0.0230. The molecule has 1 atom stereocenters. The van der Waals surface area contributed by atoms with Crippen molar-refractivity contribution in [1.29, 1.82) is 0 Å². The Morgan fingerprint density at radius 3 is 2.38 bits per heavy atom. The predicted molar refractivity (Wildman–Crippen MR) is 149 cm³/mol. The molecule has 2 aromatic heterocycles. The molecular weight excluding hydrogens is 486 g/mol. The smallest absolute Gasteiger partial charge is 0.239 e. The molecule has 37 heavy (non-hydrogen) atoms. The monoisotopic (exact) mass is 525 g/mol. The van der Waals surface area contributed by atoms with E-state index in [1.54, 1.807) is 10.8 Å². The molecule has 1 aliphatic carbocycles. The quantitative estimate of drug-likeness (QED) is 0.438. The molecule has 9 heteroatoms. The number of nitrogens with zero attached hydrogens (tertiary/aromatic N) is 4. The van der Waals surface area contributed by atoms with E-state index in [0.29, 0.717) is 11.6 Å². The Bertz CT molecular complexity index is 1330. The molecule has 2 heterocycles. The molecule has 0 radical (unpaired) electrons. The van der Waals surface area contributed by atoms with E-state index in [0.717, 1.165) is 48.9 Å². The number of carbonyl (C=O) groups is 1. The first-order chi connectivity index (χ1) is 17.6. The standard InChI is InChI=1S/C28H39N5O3S/c1-19(2)16-21-6-10-23(11-7-21)20(3)28(34)33-15-14-25-26(30-18-31-27(25)33)32(5)24-12-8-22(9-13-24)17-37(35,36)29-4/h6-7,10-11,14-15,18-20,22,24,29H,8-9,12-13,16-17H2,1-5H3. The number of aromatic nitrogens is 3. The maximum Gasteiger partial charge on any atom is 0.239 e. The SMILES string of the molecule is CNS(=O)(=O)CC1CCC(N(C)c2ncnc3c2ccn3C(=O)C(C)c2ccc(CC(C)C)cc2)CC1. The second-order valence-electron chi connectivity index (χ2n) is 10.8. The van der Waals surface area contributed by atoms with Crippen LogP contribution in [-0.2, 0) is 16.4 Å². The second-order valence-corrected chi connectivity index (χ2v) is 12.8. The van der Waals surface area contributed by atoms with E-state index in [1.165, 1.54) is 18.9 Å². The van der Waals surface area contributed by atoms with E-state index in [4.69, 9.17) is 0 Å². The molecule has 1 fully saturated rings. The van der Waals surface area contributed by atoms with Gasteiger partial charge >= 0.3 is 0 Å². The van der Waals surface area contributed by atoms with Gasteiger partial charge in [-0.2, -0.15) is 0 Å². The highest BCUT2D eigenvalue weighted by Crippen LogP contribution is 2.33. The molecule has 0 aliphatic heterocycles. The van der Waals surface area contributed by atoms with Gasteiger partial charge in [0.2, 0.25) is 15.9 Å². The minimum atomic E-state index is -3.20. The van der Waals surface area contributed by atoms with Crippen LogP contribution in [0.4, 0.5) is 5.82 Å². The molecule has 3 aromatic rings. The number of carbonyl (C=O) groups excluding carboxylic acids is 1. The van der Waals surface area contributed by atoms with Gasteiger partial charge in [-0.15, -0.1) is 0 Å². The van der Waals surface area contributed by atoms with Crippen LogP contribution in [0.3, 0.4) is 0 Å². The van der Waals surface area contributed by atoms with Gasteiger partial charge < -0.3 is 4.90 Å². The number of anilines is 1. The molecule has 0 spiro atoms. The summed E-state index contributed by atoms with van der Waals surface area (Å²) in [5, 5.41) is 0.845. The summed E-state index contributed by atoms with van der Waals surface area (Å²) < 4.78 is 27.9. The average molecular weight is 526 g/mol. The Hall–Kier alpha value is -2.78. The van der Waals surface area contributed by atoms with Crippen molar-refractivity contribution >= 4 is 32.8 Å². The zero-order valence-electron chi connectivity index (χ0n) is 22.5. The molecule has 1 unspecified atom stereocenters. The van der Waals surface area contributed by atoms with Gasteiger partial charge in [-0.1, -0.05) is 38.1 Å². The van der Waals surface area contributed by atoms with Crippen LogP contribution >= 0.6 is 0 Å². The molecule has 1 saturated carbocycles. The number of fused-ring (bicyclic) bond motifs is 1. The molecule has 8 nitrogen and oxygen atoms in total. The Balaban J connectivity index is 1.49. The molecule has 0 saturated heterocycles. The fourth-order valence-corrected chi connectivity index (χ4v) is 6.55. The van der Waals surface area contributed by atoms with Crippen LogP contribution in [0.2, 0.25) is 0 Å². The van der Waals surface area contributed by atoms with Crippen molar-refractivity contribution in [2.45, 2.75) is 64.8 Å². The summed E-state index contributed by atoms with van der Waals surface area (Å²) >= 11 is 0. The number of benzene rings is 1. The molecule has 0 bridgehead atoms. The minimum Gasteiger partial charge on any atom is -0.356 e. The lowest BCUT2D eigenvalue weighted by Gasteiger charge is -2.35. The molecule has 4 rings (SSSR count). The van der Waals surface area contributed by atoms with Crippen LogP contribution in [0.15, 0.2) is 42.9 Å². The molecule has 0 amide bonds. The van der Waals surface area contributed by atoms with Crippen molar-refractivity contribution in [2.24, 2.45) is 11.8 Å². The summed E-state index contributed by atoms with van der Waals surface area (Å²) in [5.41, 5.74) is 2.88. The lowest BCUT2D eigenvalue weighted by atomic mass is 9.86. The van der Waals surface area contributed by atoms with Gasteiger partial charge in [-0.3, -0.25) is 9.36 Å². The normalized spacial score (nSPS) is 19.3. The van der Waals surface area contributed by atoms with Gasteiger partial charge in [0.25, 0.3) is 0 Å². The van der Waals surface area contributed by atoms with Crippen LogP contribution in [-0.4, -0.2) is 54.8 Å². The molecular formula is C28H39N5O3S. The van der Waals surface area contributed by atoms with Crippen LogP contribution < -0.4 is 9.62 Å². The topological polar surface area (TPSA) is 97.2 Å². The maximum atomic E-state index is 13.5. The third kappa shape index (κ3) is 6.21. The van der Waals surface area contributed by atoms with Crippen LogP contribution in [0.1, 0.15) is 68.3 Å². The van der Waals surface area contributed by atoms with E-state index in [9.17, 15) is 13.2 Å². The average Bonchev–Trinajstić information content (AvgIpc) is 3.32. The fourth-order valence-electron chi connectivity index (χ4n) is 5.43. The predicted octanol–water partition coefficient (Wildman–Crippen LogP) is 4.62. The largest absolute Gasteiger partial charge is 0.356 e. The van der Waals surface area contributed by atoms with E-state index in [2.05, 4.69) is 57.7 Å². The van der Waals surface area contributed by atoms with E-state index in [-0.39, 0.29) is 29.5 Å². The Morgan fingerprint density at radius 1 is 1.08 bits per heavy atom. The number of sulfonamides is 1. The fraction of sp³-hybridized carbons (Fsp3) is 0.536. The highest BCUT2D eigenvalue weighted by molar-refractivity contribution is 7.89. The third-order valence-electron chi connectivity index (χ3n) is 7.66. The van der Waals surface area contributed by atoms with E-state index in [1.807, 2.05) is 20.0 Å². The molecule has 1 aliphatic rings. The summed E-state index contributed by atoms with van der Waals surface area (Å²) in [6.07, 6.45) is 7.85. The highest BCUT2D eigenvalue weighted by Gasteiger charge is 2.29. The van der Waals surface area contributed by atoms with Crippen molar-refractivity contribution in [3.05, 3.63) is 54.0 Å². The zero-order valence-corrected chi connectivity index (χ0v) is 23.3. The summed E-state index contributed by atoms with van der Waals surface area (Å²) in [5.74, 6) is 1.42. The maximum absolute atomic E-state index is 13.5. The number of hydrogen-bond donors (Lipinski definition) is 1. The van der Waals surface area contributed by atoms with Gasteiger partial charge in [-0.05, 0) is 75.1 Å². The van der Waals surface area contributed by atoms with Gasteiger partial charge in [0.15, 0.2) is 5.65 Å². The Kier molecular flexibility index (Phi) is 8.33. The second kappa shape index (κ2) is 11.3.